The quantitative estimate of drug-likeness (QED) is 0.730. The highest BCUT2D eigenvalue weighted by Crippen LogP contribution is 2.19. The molecule has 20 heavy (non-hydrogen) atoms. The summed E-state index contributed by atoms with van der Waals surface area (Å²) in [5.41, 5.74) is 0. The Labute approximate surface area is 125 Å². The monoisotopic (exact) mass is 320 g/mol. The Balaban J connectivity index is 2.63. The second-order valence-electron chi connectivity index (χ2n) is 4.97. The highest BCUT2D eigenvalue weighted by atomic mass is 32.2. The summed E-state index contributed by atoms with van der Waals surface area (Å²) in [7, 11) is -3.46. The van der Waals surface area contributed by atoms with Gasteiger partial charge in [0.1, 0.15) is 0 Å². The minimum Gasteiger partial charge on any atom is -0.380 e. The minimum absolute atomic E-state index is 0.239. The molecule has 0 radical (unpaired) electrons. The first-order chi connectivity index (χ1) is 9.35. The van der Waals surface area contributed by atoms with Crippen LogP contribution in [-0.4, -0.2) is 33.7 Å². The van der Waals surface area contributed by atoms with Crippen molar-refractivity contribution in [1.29, 1.82) is 0 Å². The molecule has 0 amide bonds. The number of thiophene rings is 1. The van der Waals surface area contributed by atoms with Crippen LogP contribution in [0.5, 0.6) is 0 Å². The number of nitrogens with one attached hydrogen (secondary N) is 2. The molecule has 7 heteroatoms. The standard InChI is InChI=1S/C13H24N2O3S2/c1-5-18-8-11(4)15-20(16,17)13-6-12(19-9-13)7-14-10(2)3/h6,9-11,14-15H,5,7-8H2,1-4H3. The molecule has 1 rings (SSSR count). The summed E-state index contributed by atoms with van der Waals surface area (Å²) in [4.78, 5) is 1.34. The van der Waals surface area contributed by atoms with E-state index in [0.717, 1.165) is 4.88 Å². The third kappa shape index (κ3) is 5.88. The molecule has 1 aromatic heterocycles. The minimum atomic E-state index is -3.46. The van der Waals surface area contributed by atoms with Gasteiger partial charge in [-0.2, -0.15) is 0 Å². The van der Waals surface area contributed by atoms with Gasteiger partial charge in [-0.05, 0) is 19.9 Å². The Morgan fingerprint density at radius 2 is 2.05 bits per heavy atom. The van der Waals surface area contributed by atoms with Crippen molar-refractivity contribution in [2.24, 2.45) is 0 Å². The summed E-state index contributed by atoms with van der Waals surface area (Å²) in [5.74, 6) is 0. The SMILES string of the molecule is CCOCC(C)NS(=O)(=O)c1csc(CNC(C)C)c1. The Bertz CT molecular complexity index is 497. The van der Waals surface area contributed by atoms with Crippen molar-refractivity contribution < 1.29 is 13.2 Å². The molecule has 1 heterocycles. The second kappa shape index (κ2) is 8.09. The zero-order valence-electron chi connectivity index (χ0n) is 12.5. The van der Waals surface area contributed by atoms with Gasteiger partial charge in [0, 0.05) is 35.5 Å². The molecule has 1 atom stereocenters. The normalized spacial score (nSPS) is 13.8. The van der Waals surface area contributed by atoms with Gasteiger partial charge in [0.15, 0.2) is 0 Å². The molecule has 0 fully saturated rings. The maximum absolute atomic E-state index is 12.2. The fourth-order valence-electron chi connectivity index (χ4n) is 1.56. The third-order valence-electron chi connectivity index (χ3n) is 2.55. The van der Waals surface area contributed by atoms with Crippen molar-refractivity contribution in [3.05, 3.63) is 16.3 Å². The van der Waals surface area contributed by atoms with Gasteiger partial charge in [-0.25, -0.2) is 13.1 Å². The topological polar surface area (TPSA) is 67.4 Å². The summed E-state index contributed by atoms with van der Waals surface area (Å²) >= 11 is 1.45. The first-order valence-electron chi connectivity index (χ1n) is 6.76. The maximum Gasteiger partial charge on any atom is 0.241 e. The average molecular weight is 320 g/mol. The average Bonchev–Trinajstić information content (AvgIpc) is 2.83. The second-order valence-corrected chi connectivity index (χ2v) is 7.68. The van der Waals surface area contributed by atoms with E-state index < -0.39 is 10.0 Å². The van der Waals surface area contributed by atoms with E-state index in [2.05, 4.69) is 23.9 Å². The van der Waals surface area contributed by atoms with E-state index in [1.165, 1.54) is 11.3 Å². The molecule has 0 aliphatic heterocycles. The van der Waals surface area contributed by atoms with Crippen LogP contribution in [0.2, 0.25) is 0 Å². The molecule has 0 aliphatic rings. The fourth-order valence-corrected chi connectivity index (χ4v) is 4.01. The molecule has 0 saturated heterocycles. The van der Waals surface area contributed by atoms with Crippen LogP contribution >= 0.6 is 11.3 Å². The van der Waals surface area contributed by atoms with E-state index in [1.807, 2.05) is 6.92 Å². The summed E-state index contributed by atoms with van der Waals surface area (Å²) in [5, 5.41) is 4.94. The number of hydrogen-bond acceptors (Lipinski definition) is 5. The van der Waals surface area contributed by atoms with Crippen LogP contribution in [-0.2, 0) is 21.3 Å². The summed E-state index contributed by atoms with van der Waals surface area (Å²) in [6, 6.07) is 1.86. The lowest BCUT2D eigenvalue weighted by Crippen LogP contribution is -2.35. The number of ether oxygens (including phenoxy) is 1. The highest BCUT2D eigenvalue weighted by molar-refractivity contribution is 7.89. The van der Waals surface area contributed by atoms with Crippen molar-refractivity contribution in [3.63, 3.8) is 0 Å². The molecular formula is C13H24N2O3S2. The molecule has 0 spiro atoms. The lowest BCUT2D eigenvalue weighted by Gasteiger charge is -2.13. The number of hydrogen-bond donors (Lipinski definition) is 2. The zero-order chi connectivity index (χ0) is 15.2. The van der Waals surface area contributed by atoms with Crippen molar-refractivity contribution in [2.45, 2.75) is 51.2 Å². The molecule has 0 aromatic carbocycles. The van der Waals surface area contributed by atoms with Gasteiger partial charge in [0.2, 0.25) is 10.0 Å². The van der Waals surface area contributed by atoms with Gasteiger partial charge in [0.25, 0.3) is 0 Å². The van der Waals surface area contributed by atoms with Crippen LogP contribution in [0.4, 0.5) is 0 Å². The van der Waals surface area contributed by atoms with Gasteiger partial charge >= 0.3 is 0 Å². The summed E-state index contributed by atoms with van der Waals surface area (Å²) in [6.45, 7) is 9.43. The van der Waals surface area contributed by atoms with E-state index in [-0.39, 0.29) is 6.04 Å². The van der Waals surface area contributed by atoms with Crippen LogP contribution in [0.25, 0.3) is 0 Å². The number of sulfonamides is 1. The van der Waals surface area contributed by atoms with Crippen LogP contribution in [0.3, 0.4) is 0 Å². The summed E-state index contributed by atoms with van der Waals surface area (Å²) in [6.07, 6.45) is 0. The predicted octanol–water partition coefficient (Wildman–Crippen LogP) is 1.95. The van der Waals surface area contributed by atoms with Gasteiger partial charge < -0.3 is 10.1 Å². The smallest absolute Gasteiger partial charge is 0.241 e. The Hall–Kier alpha value is -0.470. The Morgan fingerprint density at radius 3 is 2.65 bits per heavy atom. The lowest BCUT2D eigenvalue weighted by molar-refractivity contribution is 0.133. The Kier molecular flexibility index (Phi) is 7.11. The predicted molar refractivity (Wildman–Crippen MR) is 82.6 cm³/mol. The molecule has 1 unspecified atom stereocenters. The first-order valence-corrected chi connectivity index (χ1v) is 9.12. The molecule has 0 bridgehead atoms. The van der Waals surface area contributed by atoms with Crippen molar-refractivity contribution in [2.75, 3.05) is 13.2 Å². The van der Waals surface area contributed by atoms with Crippen molar-refractivity contribution in [1.82, 2.24) is 10.0 Å². The van der Waals surface area contributed by atoms with E-state index in [9.17, 15) is 8.42 Å². The van der Waals surface area contributed by atoms with Crippen LogP contribution in [0, 0.1) is 0 Å². The molecule has 1 aromatic rings. The van der Waals surface area contributed by atoms with E-state index >= 15 is 0 Å². The molecular weight excluding hydrogens is 296 g/mol. The van der Waals surface area contributed by atoms with Crippen molar-refractivity contribution in [3.8, 4) is 0 Å². The maximum atomic E-state index is 12.2. The summed E-state index contributed by atoms with van der Waals surface area (Å²) < 4.78 is 32.2. The van der Waals surface area contributed by atoms with E-state index in [4.69, 9.17) is 4.74 Å². The molecule has 116 valence electrons. The Morgan fingerprint density at radius 1 is 1.35 bits per heavy atom. The first kappa shape index (κ1) is 17.6. The van der Waals surface area contributed by atoms with E-state index in [0.29, 0.717) is 30.7 Å². The van der Waals surface area contributed by atoms with Gasteiger partial charge in [0.05, 0.1) is 11.5 Å². The van der Waals surface area contributed by atoms with Crippen LogP contribution in [0.1, 0.15) is 32.6 Å². The number of rotatable bonds is 9. The zero-order valence-corrected chi connectivity index (χ0v) is 14.1. The van der Waals surface area contributed by atoms with Crippen molar-refractivity contribution >= 4 is 21.4 Å². The lowest BCUT2D eigenvalue weighted by atomic mass is 10.4. The van der Waals surface area contributed by atoms with Gasteiger partial charge in [-0.1, -0.05) is 13.8 Å². The molecule has 0 saturated carbocycles. The van der Waals surface area contributed by atoms with Gasteiger partial charge in [-0.3, -0.25) is 0 Å². The molecule has 5 nitrogen and oxygen atoms in total. The fraction of sp³-hybridized carbons (Fsp3) is 0.692. The van der Waals surface area contributed by atoms with Crippen LogP contribution in [0.15, 0.2) is 16.3 Å². The van der Waals surface area contributed by atoms with Gasteiger partial charge in [-0.15, -0.1) is 11.3 Å². The molecule has 2 N–H and O–H groups in total. The largest absolute Gasteiger partial charge is 0.380 e. The molecule has 0 aliphatic carbocycles. The highest BCUT2D eigenvalue weighted by Gasteiger charge is 2.19. The van der Waals surface area contributed by atoms with E-state index in [1.54, 1.807) is 18.4 Å². The third-order valence-corrected chi connectivity index (χ3v) is 5.21. The van der Waals surface area contributed by atoms with Crippen LogP contribution < -0.4 is 10.0 Å².